The third-order valence-corrected chi connectivity index (χ3v) is 3.06. The SMILES string of the molecule is COCOC[C@](C=O)(Nc1cc2ccccc2[nH]1)C(N)=O. The van der Waals surface area contributed by atoms with Gasteiger partial charge in [-0.2, -0.15) is 0 Å². The Balaban J connectivity index is 2.24. The fourth-order valence-electron chi connectivity index (χ4n) is 1.96. The number of H-pyrrole nitrogens is 1. The molecule has 7 nitrogen and oxygen atoms in total. The summed E-state index contributed by atoms with van der Waals surface area (Å²) in [4.78, 5) is 26.1. The lowest BCUT2D eigenvalue weighted by Gasteiger charge is -2.25. The number of nitrogens with two attached hydrogens (primary N) is 1. The van der Waals surface area contributed by atoms with Gasteiger partial charge in [0.05, 0.1) is 6.61 Å². The van der Waals surface area contributed by atoms with Gasteiger partial charge in [0.2, 0.25) is 0 Å². The fourth-order valence-corrected chi connectivity index (χ4v) is 1.96. The van der Waals surface area contributed by atoms with E-state index in [1.54, 1.807) is 6.07 Å². The first-order chi connectivity index (χ1) is 10.1. The first kappa shape index (κ1) is 15.0. The number of para-hydroxylation sites is 1. The van der Waals surface area contributed by atoms with Crippen molar-refractivity contribution in [1.29, 1.82) is 0 Å². The van der Waals surface area contributed by atoms with E-state index in [4.69, 9.17) is 15.2 Å². The maximum atomic E-state index is 11.7. The molecule has 1 amide bonds. The summed E-state index contributed by atoms with van der Waals surface area (Å²) in [5, 5.41) is 3.76. The van der Waals surface area contributed by atoms with Gasteiger partial charge < -0.3 is 30.3 Å². The zero-order valence-electron chi connectivity index (χ0n) is 11.6. The molecular formula is C14H17N3O4. The molecule has 21 heavy (non-hydrogen) atoms. The number of anilines is 1. The zero-order chi connectivity index (χ0) is 15.3. The van der Waals surface area contributed by atoms with Gasteiger partial charge >= 0.3 is 0 Å². The van der Waals surface area contributed by atoms with Crippen molar-refractivity contribution in [2.75, 3.05) is 25.8 Å². The van der Waals surface area contributed by atoms with Crippen molar-refractivity contribution in [2.24, 2.45) is 5.73 Å². The summed E-state index contributed by atoms with van der Waals surface area (Å²) in [6, 6.07) is 9.35. The van der Waals surface area contributed by atoms with Crippen LogP contribution in [0.5, 0.6) is 0 Å². The molecule has 0 unspecified atom stereocenters. The number of primary amides is 1. The number of nitrogens with one attached hydrogen (secondary N) is 2. The quantitative estimate of drug-likeness (QED) is 0.286. The maximum absolute atomic E-state index is 11.7. The fraction of sp³-hybridized carbons (Fsp3) is 0.286. The van der Waals surface area contributed by atoms with Crippen LogP contribution in [0.15, 0.2) is 30.3 Å². The van der Waals surface area contributed by atoms with Gasteiger partial charge in [0, 0.05) is 18.0 Å². The second kappa shape index (κ2) is 6.38. The van der Waals surface area contributed by atoms with Crippen molar-refractivity contribution in [3.8, 4) is 0 Å². The number of hydrogen-bond donors (Lipinski definition) is 3. The second-order valence-corrected chi connectivity index (χ2v) is 4.60. The highest BCUT2D eigenvalue weighted by molar-refractivity contribution is 6.04. The molecule has 7 heteroatoms. The highest BCUT2D eigenvalue weighted by Crippen LogP contribution is 2.21. The minimum Gasteiger partial charge on any atom is -0.367 e. The van der Waals surface area contributed by atoms with Crippen molar-refractivity contribution in [3.05, 3.63) is 30.3 Å². The third kappa shape index (κ3) is 3.21. The number of methoxy groups -OCH3 is 1. The van der Waals surface area contributed by atoms with E-state index in [9.17, 15) is 9.59 Å². The molecule has 0 saturated heterocycles. The number of aromatic amines is 1. The van der Waals surface area contributed by atoms with Gasteiger partial charge in [0.1, 0.15) is 12.6 Å². The number of rotatable bonds is 8. The minimum absolute atomic E-state index is 0.0444. The first-order valence-electron chi connectivity index (χ1n) is 6.30. The Labute approximate surface area is 121 Å². The molecule has 0 aliphatic rings. The third-order valence-electron chi connectivity index (χ3n) is 3.06. The molecule has 0 radical (unpaired) electrons. The molecular weight excluding hydrogens is 274 g/mol. The Morgan fingerprint density at radius 1 is 1.48 bits per heavy atom. The van der Waals surface area contributed by atoms with Gasteiger partial charge in [-0.25, -0.2) is 0 Å². The van der Waals surface area contributed by atoms with Gasteiger partial charge in [-0.05, 0) is 12.1 Å². The van der Waals surface area contributed by atoms with Crippen molar-refractivity contribution >= 4 is 28.9 Å². The lowest BCUT2D eigenvalue weighted by molar-refractivity contribution is -0.132. The van der Waals surface area contributed by atoms with E-state index >= 15 is 0 Å². The Hall–Kier alpha value is -2.38. The molecule has 0 fully saturated rings. The van der Waals surface area contributed by atoms with E-state index in [-0.39, 0.29) is 13.4 Å². The number of hydrogen-bond acceptors (Lipinski definition) is 5. The largest absolute Gasteiger partial charge is 0.367 e. The van der Waals surface area contributed by atoms with Crippen LogP contribution in [0, 0.1) is 0 Å². The zero-order valence-corrected chi connectivity index (χ0v) is 11.6. The number of carbonyl (C=O) groups is 2. The molecule has 1 aromatic carbocycles. The first-order valence-corrected chi connectivity index (χ1v) is 6.30. The van der Waals surface area contributed by atoms with Gasteiger partial charge in [0.15, 0.2) is 11.8 Å². The Morgan fingerprint density at radius 3 is 2.86 bits per heavy atom. The van der Waals surface area contributed by atoms with Gasteiger partial charge in [-0.1, -0.05) is 18.2 Å². The molecule has 1 atom stereocenters. The summed E-state index contributed by atoms with van der Waals surface area (Å²) in [5.74, 6) is -0.324. The monoisotopic (exact) mass is 291 g/mol. The Morgan fingerprint density at radius 2 is 2.24 bits per heavy atom. The number of aldehydes is 1. The number of aromatic nitrogens is 1. The minimum atomic E-state index is -1.65. The smallest absolute Gasteiger partial charge is 0.253 e. The molecule has 4 N–H and O–H groups in total. The molecule has 0 spiro atoms. The van der Waals surface area contributed by atoms with E-state index < -0.39 is 11.4 Å². The van der Waals surface area contributed by atoms with Crippen molar-refractivity contribution in [1.82, 2.24) is 4.98 Å². The van der Waals surface area contributed by atoms with E-state index in [1.165, 1.54) is 7.11 Å². The van der Waals surface area contributed by atoms with E-state index in [2.05, 4.69) is 10.3 Å². The van der Waals surface area contributed by atoms with Crippen LogP contribution in [0.2, 0.25) is 0 Å². The number of benzene rings is 1. The lowest BCUT2D eigenvalue weighted by atomic mass is 10.0. The van der Waals surface area contributed by atoms with Gasteiger partial charge in [-0.3, -0.25) is 4.79 Å². The lowest BCUT2D eigenvalue weighted by Crippen LogP contribution is -2.55. The highest BCUT2D eigenvalue weighted by Gasteiger charge is 2.37. The average molecular weight is 291 g/mol. The Kier molecular flexibility index (Phi) is 4.56. The standard InChI is InChI=1S/C14H17N3O4/c1-20-9-21-8-14(7-18,13(15)19)17-12-6-10-4-2-3-5-11(10)16-12/h2-7,16-17H,8-9H2,1H3,(H2,15,19)/t14-/m0/s1. The predicted molar refractivity (Wildman–Crippen MR) is 77.7 cm³/mol. The average Bonchev–Trinajstić information content (AvgIpc) is 2.88. The molecule has 0 aliphatic heterocycles. The molecule has 0 aliphatic carbocycles. The van der Waals surface area contributed by atoms with Crippen LogP contribution in [-0.4, -0.2) is 43.2 Å². The molecule has 2 rings (SSSR count). The molecule has 0 bridgehead atoms. The van der Waals surface area contributed by atoms with E-state index in [0.29, 0.717) is 12.1 Å². The van der Waals surface area contributed by atoms with Gasteiger partial charge in [-0.15, -0.1) is 0 Å². The number of amides is 1. The molecule has 0 saturated carbocycles. The van der Waals surface area contributed by atoms with Crippen LogP contribution in [-0.2, 0) is 19.1 Å². The highest BCUT2D eigenvalue weighted by atomic mass is 16.7. The van der Waals surface area contributed by atoms with Crippen LogP contribution in [0.1, 0.15) is 0 Å². The normalized spacial score (nSPS) is 13.8. The van der Waals surface area contributed by atoms with Crippen LogP contribution in [0.3, 0.4) is 0 Å². The van der Waals surface area contributed by atoms with Crippen molar-refractivity contribution < 1.29 is 19.1 Å². The summed E-state index contributed by atoms with van der Waals surface area (Å²) in [6.07, 6.45) is 0.441. The van der Waals surface area contributed by atoms with Gasteiger partial charge in [0.25, 0.3) is 5.91 Å². The van der Waals surface area contributed by atoms with E-state index in [0.717, 1.165) is 10.9 Å². The molecule has 112 valence electrons. The summed E-state index contributed by atoms with van der Waals surface area (Å²) >= 11 is 0. The molecule has 2 aromatic rings. The number of carbonyl (C=O) groups excluding carboxylic acids is 2. The van der Waals surface area contributed by atoms with Crippen molar-refractivity contribution in [2.45, 2.75) is 5.54 Å². The van der Waals surface area contributed by atoms with Crippen LogP contribution < -0.4 is 11.1 Å². The van der Waals surface area contributed by atoms with Crippen molar-refractivity contribution in [3.63, 3.8) is 0 Å². The number of ether oxygens (including phenoxy) is 2. The summed E-state index contributed by atoms with van der Waals surface area (Å²) < 4.78 is 9.85. The predicted octanol–water partition coefficient (Wildman–Crippen LogP) is 0.623. The summed E-state index contributed by atoms with van der Waals surface area (Å²) in [5.41, 5.74) is 4.56. The van der Waals surface area contributed by atoms with Crippen LogP contribution in [0.4, 0.5) is 5.82 Å². The maximum Gasteiger partial charge on any atom is 0.253 e. The number of fused-ring (bicyclic) bond motifs is 1. The summed E-state index contributed by atoms with van der Waals surface area (Å²) in [6.45, 7) is -0.272. The summed E-state index contributed by atoms with van der Waals surface area (Å²) in [7, 11) is 1.44. The molecule has 1 heterocycles. The van der Waals surface area contributed by atoms with E-state index in [1.807, 2.05) is 24.3 Å². The topological polar surface area (TPSA) is 106 Å². The van der Waals surface area contributed by atoms with Crippen LogP contribution in [0.25, 0.3) is 10.9 Å². The molecule has 1 aromatic heterocycles. The second-order valence-electron chi connectivity index (χ2n) is 4.60. The van der Waals surface area contributed by atoms with Crippen LogP contribution >= 0.6 is 0 Å². The Bertz CT molecular complexity index is 607.